The predicted octanol–water partition coefficient (Wildman–Crippen LogP) is 1.93. The molecule has 0 bridgehead atoms. The summed E-state index contributed by atoms with van der Waals surface area (Å²) in [6, 6.07) is 3.73. The molecule has 1 aromatic rings. The molecule has 2 rings (SSSR count). The average Bonchev–Trinajstić information content (AvgIpc) is 2.78. The largest absolute Gasteiger partial charge is 0.338 e. The van der Waals surface area contributed by atoms with E-state index in [-0.39, 0.29) is 18.1 Å². The molecule has 90 valence electrons. The maximum Gasteiger partial charge on any atom is 0.338 e. The van der Waals surface area contributed by atoms with Crippen LogP contribution >= 0.6 is 0 Å². The van der Waals surface area contributed by atoms with Crippen LogP contribution in [0.2, 0.25) is 0 Å². The second-order valence-corrected chi connectivity index (χ2v) is 4.28. The number of nitrogens with zero attached hydrogens (tertiary/aromatic N) is 3. The highest BCUT2D eigenvalue weighted by Crippen LogP contribution is 2.27. The number of carbonyl (C=O) groups excluding carboxylic acids is 1. The fraction of sp³-hybridized carbons (Fsp3) is 0.417. The first-order chi connectivity index (χ1) is 8.18. The molecule has 0 saturated heterocycles. The number of hydrogen-bond donors (Lipinski definition) is 1. The van der Waals surface area contributed by atoms with Crippen molar-refractivity contribution < 1.29 is 4.79 Å². The summed E-state index contributed by atoms with van der Waals surface area (Å²) in [6.07, 6.45) is 5.99. The molecule has 2 amide bonds. The predicted molar refractivity (Wildman–Crippen MR) is 65.6 cm³/mol. The molecule has 0 radical (unpaired) electrons. The summed E-state index contributed by atoms with van der Waals surface area (Å²) < 4.78 is 0. The van der Waals surface area contributed by atoms with Crippen LogP contribution in [0.1, 0.15) is 31.9 Å². The number of rotatable bonds is 2. The Morgan fingerprint density at radius 3 is 3.06 bits per heavy atom. The van der Waals surface area contributed by atoms with Gasteiger partial charge >= 0.3 is 6.03 Å². The first kappa shape index (κ1) is 11.6. The van der Waals surface area contributed by atoms with E-state index in [1.807, 2.05) is 26.0 Å². The lowest BCUT2D eigenvalue weighted by atomic mass is 10.1. The third-order valence-corrected chi connectivity index (χ3v) is 2.52. The third-order valence-electron chi connectivity index (χ3n) is 2.52. The highest BCUT2D eigenvalue weighted by molar-refractivity contribution is 5.78. The zero-order valence-corrected chi connectivity index (χ0v) is 10.00. The molecular weight excluding hydrogens is 216 g/mol. The van der Waals surface area contributed by atoms with E-state index in [2.05, 4.69) is 15.4 Å². The van der Waals surface area contributed by atoms with Crippen molar-refractivity contribution in [1.29, 1.82) is 0 Å². The Kier molecular flexibility index (Phi) is 3.37. The van der Waals surface area contributed by atoms with E-state index in [4.69, 9.17) is 0 Å². The summed E-state index contributed by atoms with van der Waals surface area (Å²) in [5, 5.41) is 8.44. The van der Waals surface area contributed by atoms with Gasteiger partial charge in [-0.1, -0.05) is 6.07 Å². The van der Waals surface area contributed by atoms with Gasteiger partial charge in [0.2, 0.25) is 0 Å². The number of urea groups is 1. The number of hydrazone groups is 1. The Balaban J connectivity index is 2.12. The minimum Gasteiger partial charge on any atom is -0.334 e. The van der Waals surface area contributed by atoms with Gasteiger partial charge in [0.1, 0.15) is 0 Å². The number of pyridine rings is 1. The molecule has 5 nitrogen and oxygen atoms in total. The zero-order chi connectivity index (χ0) is 12.3. The van der Waals surface area contributed by atoms with E-state index in [0.29, 0.717) is 0 Å². The second-order valence-electron chi connectivity index (χ2n) is 4.28. The number of nitrogens with one attached hydrogen (secondary N) is 1. The second kappa shape index (κ2) is 4.95. The maximum absolute atomic E-state index is 11.9. The molecule has 1 aromatic heterocycles. The monoisotopic (exact) mass is 232 g/mol. The van der Waals surface area contributed by atoms with Crippen LogP contribution in [-0.2, 0) is 0 Å². The van der Waals surface area contributed by atoms with E-state index >= 15 is 0 Å². The van der Waals surface area contributed by atoms with Gasteiger partial charge in [0.05, 0.1) is 6.04 Å². The molecule has 1 aliphatic heterocycles. The van der Waals surface area contributed by atoms with Crippen LogP contribution in [0.3, 0.4) is 0 Å². The number of aromatic nitrogens is 1. The van der Waals surface area contributed by atoms with Gasteiger partial charge in [-0.05, 0) is 25.5 Å². The Morgan fingerprint density at radius 1 is 1.59 bits per heavy atom. The van der Waals surface area contributed by atoms with Crippen LogP contribution in [0.25, 0.3) is 0 Å². The molecule has 0 spiro atoms. The summed E-state index contributed by atoms with van der Waals surface area (Å²) in [7, 11) is 0. The molecule has 1 atom stereocenters. The molecule has 0 saturated carbocycles. The van der Waals surface area contributed by atoms with Crippen LogP contribution in [0.15, 0.2) is 29.6 Å². The van der Waals surface area contributed by atoms with Crippen molar-refractivity contribution in [2.24, 2.45) is 5.10 Å². The van der Waals surface area contributed by atoms with Gasteiger partial charge in [0.15, 0.2) is 0 Å². The lowest BCUT2D eigenvalue weighted by Crippen LogP contribution is -2.40. The first-order valence-electron chi connectivity index (χ1n) is 5.70. The zero-order valence-electron chi connectivity index (χ0n) is 10.00. The molecule has 0 aromatic carbocycles. The number of amides is 2. The summed E-state index contributed by atoms with van der Waals surface area (Å²) >= 11 is 0. The SMILES string of the molecule is CC(C)NC(=O)N1N=CCC1c1cccnc1. The molecule has 5 heteroatoms. The summed E-state index contributed by atoms with van der Waals surface area (Å²) in [5.74, 6) is 0. The fourth-order valence-corrected chi connectivity index (χ4v) is 1.77. The number of hydrogen-bond acceptors (Lipinski definition) is 3. The van der Waals surface area contributed by atoms with Gasteiger partial charge in [-0.15, -0.1) is 0 Å². The van der Waals surface area contributed by atoms with Crippen molar-refractivity contribution in [3.05, 3.63) is 30.1 Å². The fourth-order valence-electron chi connectivity index (χ4n) is 1.77. The summed E-state index contributed by atoms with van der Waals surface area (Å²) in [5.41, 5.74) is 1.00. The quantitative estimate of drug-likeness (QED) is 0.847. The van der Waals surface area contributed by atoms with Crippen molar-refractivity contribution in [3.8, 4) is 0 Å². The summed E-state index contributed by atoms with van der Waals surface area (Å²) in [4.78, 5) is 16.0. The summed E-state index contributed by atoms with van der Waals surface area (Å²) in [6.45, 7) is 3.85. The minimum absolute atomic E-state index is 0.0394. The third kappa shape index (κ3) is 2.61. The average molecular weight is 232 g/mol. The van der Waals surface area contributed by atoms with Crippen LogP contribution in [0.5, 0.6) is 0 Å². The molecule has 0 aliphatic carbocycles. The Labute approximate surface area is 101 Å². The lowest BCUT2D eigenvalue weighted by Gasteiger charge is -2.23. The van der Waals surface area contributed by atoms with Crippen LogP contribution in [-0.4, -0.2) is 28.3 Å². The van der Waals surface area contributed by atoms with Crippen molar-refractivity contribution in [2.75, 3.05) is 0 Å². The van der Waals surface area contributed by atoms with E-state index in [1.54, 1.807) is 18.6 Å². The van der Waals surface area contributed by atoms with E-state index in [9.17, 15) is 4.79 Å². The molecule has 2 heterocycles. The Hall–Kier alpha value is -1.91. The van der Waals surface area contributed by atoms with Gasteiger partial charge in [-0.25, -0.2) is 9.80 Å². The van der Waals surface area contributed by atoms with Gasteiger partial charge in [0.25, 0.3) is 0 Å². The van der Waals surface area contributed by atoms with E-state index in [0.717, 1.165) is 12.0 Å². The smallest absolute Gasteiger partial charge is 0.334 e. The van der Waals surface area contributed by atoms with Gasteiger partial charge in [-0.2, -0.15) is 5.10 Å². The standard InChI is InChI=1S/C12H16N4O/c1-9(2)15-12(17)16-11(5-7-14-16)10-4-3-6-13-8-10/h3-4,6-9,11H,5H2,1-2H3,(H,15,17). The molecule has 1 aliphatic rings. The first-order valence-corrected chi connectivity index (χ1v) is 5.70. The molecule has 1 unspecified atom stereocenters. The van der Waals surface area contributed by atoms with Crippen molar-refractivity contribution >= 4 is 12.2 Å². The Morgan fingerprint density at radius 2 is 2.41 bits per heavy atom. The number of carbonyl (C=O) groups is 1. The van der Waals surface area contributed by atoms with Gasteiger partial charge in [0, 0.05) is 31.1 Å². The van der Waals surface area contributed by atoms with Crippen LogP contribution in [0, 0.1) is 0 Å². The lowest BCUT2D eigenvalue weighted by molar-refractivity contribution is 0.183. The van der Waals surface area contributed by atoms with Crippen LogP contribution < -0.4 is 5.32 Å². The van der Waals surface area contributed by atoms with Crippen molar-refractivity contribution in [1.82, 2.24) is 15.3 Å². The molecule has 17 heavy (non-hydrogen) atoms. The Bertz CT molecular complexity index is 416. The highest BCUT2D eigenvalue weighted by Gasteiger charge is 2.28. The van der Waals surface area contributed by atoms with Crippen molar-refractivity contribution in [2.45, 2.75) is 32.4 Å². The van der Waals surface area contributed by atoms with Crippen molar-refractivity contribution in [3.63, 3.8) is 0 Å². The van der Waals surface area contributed by atoms with E-state index < -0.39 is 0 Å². The minimum atomic E-state index is -0.164. The highest BCUT2D eigenvalue weighted by atomic mass is 16.2. The molecular formula is C12H16N4O. The molecule has 1 N–H and O–H groups in total. The normalized spacial score (nSPS) is 18.8. The molecule has 0 fully saturated rings. The topological polar surface area (TPSA) is 57.6 Å². The van der Waals surface area contributed by atoms with Crippen LogP contribution in [0.4, 0.5) is 4.79 Å². The van der Waals surface area contributed by atoms with E-state index in [1.165, 1.54) is 5.01 Å². The maximum atomic E-state index is 11.9. The van der Waals surface area contributed by atoms with Gasteiger partial charge in [-0.3, -0.25) is 4.98 Å². The van der Waals surface area contributed by atoms with Gasteiger partial charge < -0.3 is 5.32 Å².